The van der Waals surface area contributed by atoms with Gasteiger partial charge in [0.15, 0.2) is 0 Å². The Bertz CT molecular complexity index is 1270. The number of aromatic carboxylic acids is 1. The lowest BCUT2D eigenvalue weighted by Gasteiger charge is -2.41. The van der Waals surface area contributed by atoms with Gasteiger partial charge >= 0.3 is 18.1 Å². The average molecular weight is 586 g/mol. The monoisotopic (exact) mass is 585 g/mol. The van der Waals surface area contributed by atoms with E-state index in [9.17, 15) is 31.5 Å². The molecule has 220 valence electrons. The van der Waals surface area contributed by atoms with Crippen LogP contribution in [0.25, 0.3) is 0 Å². The molecule has 13 heteroatoms. The number of aryl methyl sites for hydroxylation is 1. The molecule has 0 aromatic heterocycles. The van der Waals surface area contributed by atoms with Crippen LogP contribution in [0.3, 0.4) is 0 Å². The molecule has 2 heterocycles. The van der Waals surface area contributed by atoms with Gasteiger partial charge in [-0.15, -0.1) is 0 Å². The molecule has 2 fully saturated rings. The van der Waals surface area contributed by atoms with Crippen molar-refractivity contribution in [1.29, 1.82) is 0 Å². The molecule has 0 bridgehead atoms. The lowest BCUT2D eigenvalue weighted by Crippen LogP contribution is -2.46. The fourth-order valence-electron chi connectivity index (χ4n) is 4.89. The van der Waals surface area contributed by atoms with E-state index in [1.807, 2.05) is 6.92 Å². The number of halogens is 3. The molecule has 2 aromatic rings. The molecule has 0 unspecified atom stereocenters. The number of nitrogens with zero attached hydrogens (tertiary/aromatic N) is 2. The Labute approximate surface area is 231 Å². The third-order valence-corrected chi connectivity index (χ3v) is 8.47. The van der Waals surface area contributed by atoms with E-state index in [1.165, 1.54) is 38.4 Å². The van der Waals surface area contributed by atoms with E-state index >= 15 is 0 Å². The molecule has 3 N–H and O–H groups in total. The molecule has 2 saturated heterocycles. The molecule has 0 saturated carbocycles. The van der Waals surface area contributed by atoms with Crippen LogP contribution >= 0.6 is 0 Å². The first-order valence-corrected chi connectivity index (χ1v) is 14.6. The fourth-order valence-corrected chi connectivity index (χ4v) is 5.96. The summed E-state index contributed by atoms with van der Waals surface area (Å²) in [7, 11) is -3.85. The molecule has 2 aliphatic rings. The number of benzene rings is 2. The minimum Gasteiger partial charge on any atom is -0.478 e. The SMILES string of the molecule is CCc1ccc(S(=O)(=O)Nc2cc(C(=O)O)ccc2N2CCC(N3CCCCC3)CC2)cc1.O=C(O)C(F)(F)F. The minimum atomic E-state index is -5.08. The molecular formula is C27H34F3N3O6S. The van der Waals surface area contributed by atoms with Crippen LogP contribution in [0.1, 0.15) is 54.9 Å². The summed E-state index contributed by atoms with van der Waals surface area (Å²) < 4.78 is 60.6. The maximum absolute atomic E-state index is 13.1. The van der Waals surface area contributed by atoms with Gasteiger partial charge in [0.25, 0.3) is 10.0 Å². The van der Waals surface area contributed by atoms with E-state index in [2.05, 4.69) is 14.5 Å². The van der Waals surface area contributed by atoms with Crippen LogP contribution in [-0.4, -0.2) is 73.9 Å². The quantitative estimate of drug-likeness (QED) is 0.422. The van der Waals surface area contributed by atoms with Crippen molar-refractivity contribution >= 4 is 33.3 Å². The summed E-state index contributed by atoms with van der Waals surface area (Å²) in [5.74, 6) is -3.84. The second-order valence-corrected chi connectivity index (χ2v) is 11.4. The predicted molar refractivity (Wildman–Crippen MR) is 144 cm³/mol. The number of rotatable bonds is 7. The van der Waals surface area contributed by atoms with Gasteiger partial charge in [-0.05, 0) is 81.1 Å². The van der Waals surface area contributed by atoms with Crippen molar-refractivity contribution in [3.63, 3.8) is 0 Å². The molecule has 40 heavy (non-hydrogen) atoms. The number of aliphatic carboxylic acids is 1. The summed E-state index contributed by atoms with van der Waals surface area (Å²) in [4.78, 5) is 25.4. The van der Waals surface area contributed by atoms with Gasteiger partial charge in [-0.25, -0.2) is 18.0 Å². The number of hydrogen-bond acceptors (Lipinski definition) is 6. The van der Waals surface area contributed by atoms with Crippen molar-refractivity contribution in [3.8, 4) is 0 Å². The molecule has 0 atom stereocenters. The highest BCUT2D eigenvalue weighted by atomic mass is 32.2. The van der Waals surface area contributed by atoms with E-state index < -0.39 is 28.1 Å². The largest absolute Gasteiger partial charge is 0.490 e. The Hall–Kier alpha value is -3.32. The standard InChI is InChI=1S/C25H33N3O4S.C2HF3O2/c1-2-19-6-9-22(10-7-19)33(31,32)26-23-18-20(25(29)30)8-11-24(23)28-16-12-21(13-17-28)27-14-4-3-5-15-27;3-2(4,5)1(6)7/h6-11,18,21,26H,2-5,12-17H2,1H3,(H,29,30);(H,6,7). The highest BCUT2D eigenvalue weighted by Crippen LogP contribution is 2.33. The Kier molecular flexibility index (Phi) is 10.4. The topological polar surface area (TPSA) is 127 Å². The highest BCUT2D eigenvalue weighted by molar-refractivity contribution is 7.92. The van der Waals surface area contributed by atoms with Crippen LogP contribution in [0.15, 0.2) is 47.4 Å². The van der Waals surface area contributed by atoms with E-state index in [0.717, 1.165) is 43.6 Å². The van der Waals surface area contributed by atoms with Gasteiger partial charge in [-0.1, -0.05) is 25.5 Å². The van der Waals surface area contributed by atoms with Crippen molar-refractivity contribution in [2.24, 2.45) is 0 Å². The second-order valence-electron chi connectivity index (χ2n) is 9.76. The Morgan fingerprint density at radius 3 is 2.02 bits per heavy atom. The molecule has 0 spiro atoms. The Morgan fingerprint density at radius 1 is 0.950 bits per heavy atom. The number of nitrogens with one attached hydrogen (secondary N) is 1. The van der Waals surface area contributed by atoms with Gasteiger partial charge in [-0.3, -0.25) is 4.72 Å². The molecular weight excluding hydrogens is 551 g/mol. The van der Waals surface area contributed by atoms with Gasteiger partial charge in [0.05, 0.1) is 21.8 Å². The first-order valence-electron chi connectivity index (χ1n) is 13.1. The number of carboxylic acids is 2. The smallest absolute Gasteiger partial charge is 0.478 e. The second kappa shape index (κ2) is 13.4. The van der Waals surface area contributed by atoms with Crippen molar-refractivity contribution in [1.82, 2.24) is 4.90 Å². The van der Waals surface area contributed by atoms with Crippen LogP contribution in [0.4, 0.5) is 24.5 Å². The van der Waals surface area contributed by atoms with Gasteiger partial charge in [-0.2, -0.15) is 13.2 Å². The molecule has 2 aromatic carbocycles. The maximum atomic E-state index is 13.1. The van der Waals surface area contributed by atoms with Crippen LogP contribution in [0.5, 0.6) is 0 Å². The first-order chi connectivity index (χ1) is 18.8. The number of anilines is 2. The number of sulfonamides is 1. The number of likely N-dealkylation sites (tertiary alicyclic amines) is 1. The molecule has 9 nitrogen and oxygen atoms in total. The van der Waals surface area contributed by atoms with E-state index in [-0.39, 0.29) is 10.5 Å². The summed E-state index contributed by atoms with van der Waals surface area (Å²) in [5.41, 5.74) is 2.15. The van der Waals surface area contributed by atoms with Gasteiger partial charge in [0.2, 0.25) is 0 Å². The van der Waals surface area contributed by atoms with E-state index in [0.29, 0.717) is 11.7 Å². The lowest BCUT2D eigenvalue weighted by atomic mass is 9.99. The fraction of sp³-hybridized carbons (Fsp3) is 0.481. The number of carboxylic acid groups (broad SMARTS) is 2. The molecule has 0 aliphatic carbocycles. The van der Waals surface area contributed by atoms with Crippen molar-refractivity contribution in [3.05, 3.63) is 53.6 Å². The number of carbonyl (C=O) groups is 2. The highest BCUT2D eigenvalue weighted by Gasteiger charge is 2.38. The number of alkyl halides is 3. The zero-order valence-corrected chi connectivity index (χ0v) is 23.0. The van der Waals surface area contributed by atoms with Gasteiger partial charge in [0, 0.05) is 19.1 Å². The summed E-state index contributed by atoms with van der Waals surface area (Å²) in [6.07, 6.45) is 1.63. The van der Waals surface area contributed by atoms with Crippen LogP contribution < -0.4 is 9.62 Å². The van der Waals surface area contributed by atoms with Crippen LogP contribution in [0.2, 0.25) is 0 Å². The Morgan fingerprint density at radius 2 is 1.52 bits per heavy atom. The van der Waals surface area contributed by atoms with Crippen LogP contribution in [0, 0.1) is 0 Å². The zero-order chi connectivity index (χ0) is 29.5. The summed E-state index contributed by atoms with van der Waals surface area (Å²) >= 11 is 0. The average Bonchev–Trinajstić information content (AvgIpc) is 2.93. The molecule has 0 radical (unpaired) electrons. The predicted octanol–water partition coefficient (Wildman–Crippen LogP) is 4.84. The maximum Gasteiger partial charge on any atom is 0.490 e. The Balaban J connectivity index is 0.000000559. The minimum absolute atomic E-state index is 0.0565. The molecule has 4 rings (SSSR count). The van der Waals surface area contributed by atoms with Crippen molar-refractivity contribution in [2.45, 2.75) is 62.6 Å². The van der Waals surface area contributed by atoms with Crippen molar-refractivity contribution in [2.75, 3.05) is 35.8 Å². The number of hydrogen-bond donors (Lipinski definition) is 3. The third kappa shape index (κ3) is 8.34. The van der Waals surface area contributed by atoms with Gasteiger partial charge in [0.1, 0.15) is 0 Å². The summed E-state index contributed by atoms with van der Waals surface area (Å²) in [6.45, 7) is 5.97. The zero-order valence-electron chi connectivity index (χ0n) is 22.2. The lowest BCUT2D eigenvalue weighted by molar-refractivity contribution is -0.192. The number of piperidine rings is 2. The first kappa shape index (κ1) is 31.2. The third-order valence-electron chi connectivity index (χ3n) is 7.08. The molecule has 0 amide bonds. The molecule has 2 aliphatic heterocycles. The van der Waals surface area contributed by atoms with Crippen LogP contribution in [-0.2, 0) is 21.2 Å². The normalized spacial score (nSPS) is 17.1. The van der Waals surface area contributed by atoms with E-state index in [1.54, 1.807) is 36.4 Å². The van der Waals surface area contributed by atoms with Gasteiger partial charge < -0.3 is 20.0 Å². The summed E-state index contributed by atoms with van der Waals surface area (Å²) in [5, 5.41) is 16.6. The summed E-state index contributed by atoms with van der Waals surface area (Å²) in [6, 6.07) is 12.0. The van der Waals surface area contributed by atoms with E-state index in [4.69, 9.17) is 9.90 Å². The van der Waals surface area contributed by atoms with Crippen molar-refractivity contribution < 1.29 is 41.4 Å².